The predicted octanol–water partition coefficient (Wildman–Crippen LogP) is 2.66. The van der Waals surface area contributed by atoms with Gasteiger partial charge in [-0.1, -0.05) is 29.8 Å². The summed E-state index contributed by atoms with van der Waals surface area (Å²) in [5.41, 5.74) is 7.21. The van der Waals surface area contributed by atoms with Gasteiger partial charge in [-0.3, -0.25) is 9.98 Å². The zero-order chi connectivity index (χ0) is 20.5. The zero-order valence-corrected chi connectivity index (χ0v) is 17.3. The third-order valence-electron chi connectivity index (χ3n) is 6.44. The fourth-order valence-corrected chi connectivity index (χ4v) is 4.68. The lowest BCUT2D eigenvalue weighted by molar-refractivity contribution is 0.196. The van der Waals surface area contributed by atoms with Crippen molar-refractivity contribution in [2.24, 2.45) is 4.99 Å². The molecular weight excluding hydrogens is 374 g/mol. The summed E-state index contributed by atoms with van der Waals surface area (Å²) >= 11 is 0. The van der Waals surface area contributed by atoms with Crippen molar-refractivity contribution < 1.29 is 4.79 Å². The second kappa shape index (κ2) is 8.03. The van der Waals surface area contributed by atoms with Crippen LogP contribution < -0.4 is 10.6 Å². The Kier molecular flexibility index (Phi) is 5.09. The highest BCUT2D eigenvalue weighted by Crippen LogP contribution is 2.28. The molecule has 1 fully saturated rings. The van der Waals surface area contributed by atoms with Crippen LogP contribution in [-0.4, -0.2) is 60.4 Å². The first-order valence-electron chi connectivity index (χ1n) is 10.7. The molecule has 0 spiro atoms. The molecule has 154 valence electrons. The Morgan fingerprint density at radius 3 is 2.73 bits per heavy atom. The van der Waals surface area contributed by atoms with Gasteiger partial charge in [-0.15, -0.1) is 0 Å². The van der Waals surface area contributed by atoms with E-state index in [1.54, 1.807) is 12.4 Å². The summed E-state index contributed by atoms with van der Waals surface area (Å²) in [6, 6.07) is 12.8. The fraction of sp³-hybridized carbons (Fsp3) is 0.375. The van der Waals surface area contributed by atoms with E-state index in [9.17, 15) is 4.79 Å². The fourth-order valence-electron chi connectivity index (χ4n) is 4.68. The first-order valence-corrected chi connectivity index (χ1v) is 10.7. The van der Waals surface area contributed by atoms with Crippen LogP contribution in [0.15, 0.2) is 64.9 Å². The molecule has 3 aliphatic rings. The number of urea groups is 1. The molecule has 0 saturated carbocycles. The summed E-state index contributed by atoms with van der Waals surface area (Å²) in [5.74, 6) is 0.300. The van der Waals surface area contributed by atoms with Crippen molar-refractivity contribution >= 4 is 11.7 Å². The van der Waals surface area contributed by atoms with Crippen molar-refractivity contribution in [2.45, 2.75) is 25.3 Å². The van der Waals surface area contributed by atoms with Crippen LogP contribution in [0.5, 0.6) is 0 Å². The predicted molar refractivity (Wildman–Crippen MR) is 118 cm³/mol. The molecule has 2 N–H and O–H groups in total. The Bertz CT molecular complexity index is 996. The van der Waals surface area contributed by atoms with Gasteiger partial charge in [0.25, 0.3) is 0 Å². The summed E-state index contributed by atoms with van der Waals surface area (Å²) < 4.78 is 0. The number of amides is 2. The molecule has 6 nitrogen and oxygen atoms in total. The Hall–Kier alpha value is -2.99. The minimum absolute atomic E-state index is 0.0216. The molecule has 0 aliphatic carbocycles. The summed E-state index contributed by atoms with van der Waals surface area (Å²) in [4.78, 5) is 23.9. The largest absolute Gasteiger partial charge is 0.333 e. The van der Waals surface area contributed by atoms with Crippen molar-refractivity contribution in [1.82, 2.24) is 20.5 Å². The number of aryl methyl sites for hydroxylation is 1. The first kappa shape index (κ1) is 19.0. The number of nitrogens with zero attached hydrogens (tertiary/aromatic N) is 3. The van der Waals surface area contributed by atoms with Gasteiger partial charge < -0.3 is 15.5 Å². The van der Waals surface area contributed by atoms with E-state index in [1.807, 2.05) is 17.0 Å². The number of carbonyl (C=O) groups excluding carboxylic acids is 1. The van der Waals surface area contributed by atoms with E-state index < -0.39 is 0 Å². The Morgan fingerprint density at radius 1 is 1.13 bits per heavy atom. The van der Waals surface area contributed by atoms with E-state index >= 15 is 0 Å². The van der Waals surface area contributed by atoms with Crippen molar-refractivity contribution in [3.8, 4) is 0 Å². The van der Waals surface area contributed by atoms with Crippen LogP contribution in [-0.2, 0) is 0 Å². The van der Waals surface area contributed by atoms with Crippen molar-refractivity contribution in [2.75, 3.05) is 32.7 Å². The summed E-state index contributed by atoms with van der Waals surface area (Å²) in [6.07, 6.45) is 4.48. The van der Waals surface area contributed by atoms with Gasteiger partial charge in [0.05, 0.1) is 18.3 Å². The molecule has 0 radical (unpaired) electrons. The Balaban J connectivity index is 1.27. The smallest absolute Gasteiger partial charge is 0.317 e. The number of aromatic nitrogens is 1. The summed E-state index contributed by atoms with van der Waals surface area (Å²) in [7, 11) is 0. The van der Waals surface area contributed by atoms with Gasteiger partial charge in [0.15, 0.2) is 0 Å². The van der Waals surface area contributed by atoms with Gasteiger partial charge in [-0.2, -0.15) is 0 Å². The molecule has 2 atom stereocenters. The lowest BCUT2D eigenvalue weighted by Gasteiger charge is -2.31. The van der Waals surface area contributed by atoms with E-state index in [0.29, 0.717) is 12.5 Å². The van der Waals surface area contributed by atoms with Crippen molar-refractivity contribution in [3.05, 3.63) is 76.6 Å². The second-order valence-corrected chi connectivity index (χ2v) is 8.39. The molecule has 6 heteroatoms. The van der Waals surface area contributed by atoms with E-state index in [-0.39, 0.29) is 12.1 Å². The average Bonchev–Trinajstić information content (AvgIpc) is 3.41. The minimum atomic E-state index is 0.0216. The van der Waals surface area contributed by atoms with Gasteiger partial charge in [-0.05, 0) is 42.2 Å². The maximum atomic E-state index is 13.1. The van der Waals surface area contributed by atoms with Crippen LogP contribution in [0.2, 0.25) is 0 Å². The van der Waals surface area contributed by atoms with Crippen LogP contribution >= 0.6 is 0 Å². The summed E-state index contributed by atoms with van der Waals surface area (Å²) in [5, 5.41) is 6.74. The van der Waals surface area contributed by atoms with Crippen LogP contribution in [0.3, 0.4) is 0 Å². The third-order valence-corrected chi connectivity index (χ3v) is 6.44. The Labute approximate surface area is 177 Å². The second-order valence-electron chi connectivity index (χ2n) is 8.39. The van der Waals surface area contributed by atoms with E-state index in [4.69, 9.17) is 4.99 Å². The zero-order valence-electron chi connectivity index (χ0n) is 17.3. The minimum Gasteiger partial charge on any atom is -0.333 e. The molecule has 2 aromatic rings. The number of hydrogen-bond acceptors (Lipinski definition) is 4. The molecular formula is C24H27N5O. The lowest BCUT2D eigenvalue weighted by atomic mass is 9.93. The molecule has 1 saturated heterocycles. The number of rotatable bonds is 3. The average molecular weight is 402 g/mol. The molecule has 1 aromatic carbocycles. The number of aliphatic imine (C=N–C) groups is 1. The maximum Gasteiger partial charge on any atom is 0.317 e. The van der Waals surface area contributed by atoms with Gasteiger partial charge in [-0.25, -0.2) is 4.79 Å². The highest BCUT2D eigenvalue weighted by molar-refractivity contribution is 6.15. The number of carbonyl (C=O) groups is 1. The normalized spacial score (nSPS) is 23.4. The van der Waals surface area contributed by atoms with Gasteiger partial charge >= 0.3 is 6.03 Å². The quantitative estimate of drug-likeness (QED) is 0.831. The number of pyridine rings is 1. The highest BCUT2D eigenvalue weighted by atomic mass is 16.2. The Morgan fingerprint density at radius 2 is 1.93 bits per heavy atom. The van der Waals surface area contributed by atoms with Crippen LogP contribution in [0.25, 0.3) is 0 Å². The molecule has 4 heterocycles. The molecule has 30 heavy (non-hydrogen) atoms. The third kappa shape index (κ3) is 3.63. The topological polar surface area (TPSA) is 69.6 Å². The lowest BCUT2D eigenvalue weighted by Crippen LogP contribution is -2.49. The number of hydrogen-bond donors (Lipinski definition) is 2. The standard InChI is InChI=1S/C24H27N5O/c1-16-2-4-17(5-3-16)20-13-26-14-22(20)28-24(30)29-11-8-19-12-27-23(21(19)15-29)18-6-9-25-10-7-18/h2-7,9-10,20,22,26H,8,11-15H2,1H3,(H,28,30). The maximum absolute atomic E-state index is 13.1. The van der Waals surface area contributed by atoms with Gasteiger partial charge in [0.1, 0.15) is 0 Å². The first-order chi connectivity index (χ1) is 14.7. The molecule has 3 aliphatic heterocycles. The number of nitrogens with one attached hydrogen (secondary N) is 2. The highest BCUT2D eigenvalue weighted by Gasteiger charge is 2.33. The molecule has 2 unspecified atom stereocenters. The molecule has 0 bridgehead atoms. The van der Waals surface area contributed by atoms with Gasteiger partial charge in [0.2, 0.25) is 0 Å². The van der Waals surface area contributed by atoms with Crippen LogP contribution in [0, 0.1) is 6.92 Å². The SMILES string of the molecule is Cc1ccc(C2CNCC2NC(=O)N2CCC3=C(C2)C(c2ccncc2)=NC3)cc1. The van der Waals surface area contributed by atoms with E-state index in [2.05, 4.69) is 46.8 Å². The van der Waals surface area contributed by atoms with Crippen molar-refractivity contribution in [3.63, 3.8) is 0 Å². The monoisotopic (exact) mass is 401 g/mol. The van der Waals surface area contributed by atoms with Gasteiger partial charge in [0, 0.05) is 50.1 Å². The molecule has 2 amide bonds. The number of benzene rings is 1. The van der Waals surface area contributed by atoms with Crippen LogP contribution in [0.1, 0.15) is 29.0 Å². The van der Waals surface area contributed by atoms with Crippen molar-refractivity contribution in [1.29, 1.82) is 0 Å². The van der Waals surface area contributed by atoms with E-state index in [1.165, 1.54) is 22.3 Å². The molecule has 1 aromatic heterocycles. The van der Waals surface area contributed by atoms with Crippen LogP contribution in [0.4, 0.5) is 4.79 Å². The van der Waals surface area contributed by atoms with E-state index in [0.717, 1.165) is 43.9 Å². The summed E-state index contributed by atoms with van der Waals surface area (Å²) in [6.45, 7) is 5.92. The molecule has 5 rings (SSSR count).